The Balaban J connectivity index is 1.86. The molecule has 4 unspecified atom stereocenters. The van der Waals surface area contributed by atoms with Gasteiger partial charge in [0, 0.05) is 12.1 Å². The van der Waals surface area contributed by atoms with Gasteiger partial charge in [0.2, 0.25) is 0 Å². The molecule has 2 rings (SSSR count). The first-order chi connectivity index (χ1) is 10.1. The van der Waals surface area contributed by atoms with E-state index >= 15 is 0 Å². The van der Waals surface area contributed by atoms with Crippen LogP contribution in [0.25, 0.3) is 0 Å². The van der Waals surface area contributed by atoms with Crippen molar-refractivity contribution in [3.63, 3.8) is 0 Å². The van der Waals surface area contributed by atoms with Crippen molar-refractivity contribution in [2.45, 2.75) is 78.3 Å². The summed E-state index contributed by atoms with van der Waals surface area (Å²) in [6.07, 6.45) is 7.84. The van der Waals surface area contributed by atoms with E-state index in [2.05, 4.69) is 57.3 Å². The van der Waals surface area contributed by atoms with Gasteiger partial charge in [0.25, 0.3) is 0 Å². The van der Waals surface area contributed by atoms with Gasteiger partial charge in [-0.05, 0) is 62.0 Å². The highest BCUT2D eigenvalue weighted by Gasteiger charge is 2.25. The molecule has 0 aromatic heterocycles. The smallest absolute Gasteiger partial charge is 0.0294 e. The molecule has 0 saturated heterocycles. The summed E-state index contributed by atoms with van der Waals surface area (Å²) < 4.78 is 0. The second-order valence-electron chi connectivity index (χ2n) is 7.20. The van der Waals surface area contributed by atoms with E-state index in [0.717, 1.165) is 11.8 Å². The van der Waals surface area contributed by atoms with Crippen molar-refractivity contribution in [2.75, 3.05) is 0 Å². The van der Waals surface area contributed by atoms with Crippen LogP contribution in [0, 0.1) is 11.8 Å². The molecule has 118 valence electrons. The fourth-order valence-electron chi connectivity index (χ4n) is 3.50. The molecule has 1 aliphatic carbocycles. The first-order valence-electron chi connectivity index (χ1n) is 8.95. The van der Waals surface area contributed by atoms with E-state index in [9.17, 15) is 0 Å². The first-order valence-corrected chi connectivity index (χ1v) is 8.95. The van der Waals surface area contributed by atoms with E-state index in [-0.39, 0.29) is 0 Å². The number of nitrogens with one attached hydrogen (secondary N) is 1. The van der Waals surface area contributed by atoms with E-state index in [1.165, 1.54) is 49.7 Å². The summed E-state index contributed by atoms with van der Waals surface area (Å²) in [5, 5.41) is 3.85. The Morgan fingerprint density at radius 3 is 2.43 bits per heavy atom. The number of benzene rings is 1. The lowest BCUT2D eigenvalue weighted by Crippen LogP contribution is -2.37. The molecule has 1 N–H and O–H groups in total. The van der Waals surface area contributed by atoms with Gasteiger partial charge in [-0.2, -0.15) is 0 Å². The molecule has 1 nitrogen and oxygen atoms in total. The predicted octanol–water partition coefficient (Wildman–Crippen LogP) is 5.50. The van der Waals surface area contributed by atoms with Gasteiger partial charge in [0.05, 0.1) is 0 Å². The lowest BCUT2D eigenvalue weighted by atomic mass is 9.79. The Kier molecular flexibility index (Phi) is 6.29. The molecule has 1 fully saturated rings. The maximum absolute atomic E-state index is 3.85. The zero-order valence-corrected chi connectivity index (χ0v) is 14.4. The van der Waals surface area contributed by atoms with Gasteiger partial charge in [-0.1, -0.05) is 51.5 Å². The van der Waals surface area contributed by atoms with Gasteiger partial charge in [0.15, 0.2) is 0 Å². The molecule has 0 heterocycles. The molecule has 0 bridgehead atoms. The van der Waals surface area contributed by atoms with E-state index in [1.807, 2.05) is 0 Å². The van der Waals surface area contributed by atoms with Gasteiger partial charge >= 0.3 is 0 Å². The minimum absolute atomic E-state index is 0.468. The average molecular weight is 287 g/mol. The van der Waals surface area contributed by atoms with Crippen LogP contribution in [0.1, 0.15) is 77.0 Å². The number of aryl methyl sites for hydroxylation is 1. The van der Waals surface area contributed by atoms with Crippen LogP contribution in [-0.2, 0) is 6.42 Å². The summed E-state index contributed by atoms with van der Waals surface area (Å²) in [5.41, 5.74) is 2.91. The lowest BCUT2D eigenvalue weighted by Gasteiger charge is -2.34. The fraction of sp³-hybridized carbons (Fsp3) is 0.700. The standard InChI is InChI=1S/C20H33N/c1-5-6-7-18-9-11-19(12-10-18)17(4)21-20-13-8-15(2)16(3)14-20/h9-12,15-17,20-21H,5-8,13-14H2,1-4H3. The van der Waals surface area contributed by atoms with E-state index in [0.29, 0.717) is 12.1 Å². The minimum atomic E-state index is 0.468. The molecule has 0 aliphatic heterocycles. The second kappa shape index (κ2) is 7.98. The topological polar surface area (TPSA) is 12.0 Å². The normalized spacial score (nSPS) is 27.5. The van der Waals surface area contributed by atoms with Crippen LogP contribution in [-0.4, -0.2) is 6.04 Å². The lowest BCUT2D eigenvalue weighted by molar-refractivity contribution is 0.217. The summed E-state index contributed by atoms with van der Waals surface area (Å²) in [5.74, 6) is 1.76. The van der Waals surface area contributed by atoms with Crippen LogP contribution in [0.2, 0.25) is 0 Å². The molecule has 0 spiro atoms. The van der Waals surface area contributed by atoms with Crippen LogP contribution in [0.5, 0.6) is 0 Å². The Bertz CT molecular complexity index is 408. The van der Waals surface area contributed by atoms with Crippen molar-refractivity contribution < 1.29 is 0 Å². The van der Waals surface area contributed by atoms with E-state index < -0.39 is 0 Å². The predicted molar refractivity (Wildman–Crippen MR) is 92.6 cm³/mol. The summed E-state index contributed by atoms with van der Waals surface area (Å²) in [7, 11) is 0. The molecule has 0 amide bonds. The molecule has 1 saturated carbocycles. The quantitative estimate of drug-likeness (QED) is 0.728. The number of rotatable bonds is 6. The van der Waals surface area contributed by atoms with Crippen molar-refractivity contribution in [1.29, 1.82) is 0 Å². The first kappa shape index (κ1) is 16.5. The van der Waals surface area contributed by atoms with Gasteiger partial charge in [0.1, 0.15) is 0 Å². The van der Waals surface area contributed by atoms with Crippen molar-refractivity contribution in [2.24, 2.45) is 11.8 Å². The van der Waals surface area contributed by atoms with Crippen LogP contribution in [0.15, 0.2) is 24.3 Å². The molecule has 1 aromatic rings. The molecular weight excluding hydrogens is 254 g/mol. The Hall–Kier alpha value is -0.820. The zero-order valence-electron chi connectivity index (χ0n) is 14.4. The maximum Gasteiger partial charge on any atom is 0.0294 e. The molecule has 1 heteroatoms. The molecule has 21 heavy (non-hydrogen) atoms. The average Bonchev–Trinajstić information content (AvgIpc) is 2.49. The third-order valence-corrected chi connectivity index (χ3v) is 5.38. The summed E-state index contributed by atoms with van der Waals surface area (Å²) in [6, 6.07) is 10.4. The van der Waals surface area contributed by atoms with Gasteiger partial charge in [-0.15, -0.1) is 0 Å². The van der Waals surface area contributed by atoms with Crippen molar-refractivity contribution in [3.05, 3.63) is 35.4 Å². The summed E-state index contributed by atoms with van der Waals surface area (Å²) in [4.78, 5) is 0. The highest BCUT2D eigenvalue weighted by atomic mass is 14.9. The van der Waals surface area contributed by atoms with Gasteiger partial charge in [-0.25, -0.2) is 0 Å². The fourth-order valence-corrected chi connectivity index (χ4v) is 3.50. The molecule has 1 aliphatic rings. The number of hydrogen-bond donors (Lipinski definition) is 1. The SMILES string of the molecule is CCCCc1ccc(C(C)NC2CCC(C)C(C)C2)cc1. The third-order valence-electron chi connectivity index (χ3n) is 5.38. The minimum Gasteiger partial charge on any atom is -0.307 e. The second-order valence-corrected chi connectivity index (χ2v) is 7.20. The van der Waals surface area contributed by atoms with Crippen LogP contribution in [0.3, 0.4) is 0 Å². The van der Waals surface area contributed by atoms with Gasteiger partial charge < -0.3 is 5.32 Å². The van der Waals surface area contributed by atoms with E-state index in [4.69, 9.17) is 0 Å². The summed E-state index contributed by atoms with van der Waals surface area (Å²) >= 11 is 0. The molecule has 4 atom stereocenters. The third kappa shape index (κ3) is 4.85. The molecule has 1 aromatic carbocycles. The largest absolute Gasteiger partial charge is 0.307 e. The van der Waals surface area contributed by atoms with Crippen molar-refractivity contribution >= 4 is 0 Å². The van der Waals surface area contributed by atoms with Crippen molar-refractivity contribution in [1.82, 2.24) is 5.32 Å². The zero-order chi connectivity index (χ0) is 15.2. The van der Waals surface area contributed by atoms with Crippen LogP contribution < -0.4 is 5.32 Å². The summed E-state index contributed by atoms with van der Waals surface area (Å²) in [6.45, 7) is 9.38. The maximum atomic E-state index is 3.85. The molecular formula is C20H33N. The van der Waals surface area contributed by atoms with E-state index in [1.54, 1.807) is 0 Å². The van der Waals surface area contributed by atoms with Crippen LogP contribution in [0.4, 0.5) is 0 Å². The highest BCUT2D eigenvalue weighted by molar-refractivity contribution is 5.25. The number of unbranched alkanes of at least 4 members (excludes halogenated alkanes) is 1. The Morgan fingerprint density at radius 2 is 1.81 bits per heavy atom. The highest BCUT2D eigenvalue weighted by Crippen LogP contribution is 2.30. The molecule has 0 radical (unpaired) electrons. The van der Waals surface area contributed by atoms with Crippen LogP contribution >= 0.6 is 0 Å². The monoisotopic (exact) mass is 287 g/mol. The van der Waals surface area contributed by atoms with Gasteiger partial charge in [-0.3, -0.25) is 0 Å². The Morgan fingerprint density at radius 1 is 1.10 bits per heavy atom. The van der Waals surface area contributed by atoms with Crippen molar-refractivity contribution in [3.8, 4) is 0 Å². The number of hydrogen-bond acceptors (Lipinski definition) is 1. The Labute approximate surface area is 131 Å².